The number of amides is 3. The summed E-state index contributed by atoms with van der Waals surface area (Å²) >= 11 is 0. The van der Waals surface area contributed by atoms with Gasteiger partial charge in [0, 0.05) is 20.3 Å². The van der Waals surface area contributed by atoms with Gasteiger partial charge in [-0.05, 0) is 43.2 Å². The minimum absolute atomic E-state index is 0.0753. The zero-order valence-electron chi connectivity index (χ0n) is 21.6. The van der Waals surface area contributed by atoms with Gasteiger partial charge in [-0.1, -0.05) is 60.7 Å². The number of ether oxygens (including phenoxy) is 2. The molecule has 10 nitrogen and oxygen atoms in total. The van der Waals surface area contributed by atoms with E-state index in [1.165, 1.54) is 12.0 Å². The average molecular weight is 525 g/mol. The summed E-state index contributed by atoms with van der Waals surface area (Å²) in [5.74, 6) is -2.41. The number of carbonyl (C=O) groups is 3. The number of nitrogens with two attached hydrogens (primary N) is 1. The van der Waals surface area contributed by atoms with Crippen molar-refractivity contribution >= 4 is 25.0 Å². The second kappa shape index (κ2) is 14.6. The predicted octanol–water partition coefficient (Wildman–Crippen LogP) is 1.52. The lowest BCUT2D eigenvalue weighted by Gasteiger charge is -2.34. The van der Waals surface area contributed by atoms with Crippen molar-refractivity contribution in [3.8, 4) is 0 Å². The first-order valence-electron chi connectivity index (χ1n) is 12.8. The van der Waals surface area contributed by atoms with Gasteiger partial charge in [0.25, 0.3) is 5.91 Å². The topological polar surface area (TPSA) is 143 Å². The van der Waals surface area contributed by atoms with Crippen LogP contribution in [-0.4, -0.2) is 83.2 Å². The molecule has 2 aromatic carbocycles. The van der Waals surface area contributed by atoms with Crippen LogP contribution in [0.2, 0.25) is 0 Å². The number of benzene rings is 2. The molecule has 0 radical (unpaired) electrons. The Labute approximate surface area is 223 Å². The molecule has 0 spiro atoms. The van der Waals surface area contributed by atoms with Crippen molar-refractivity contribution < 1.29 is 33.9 Å². The summed E-state index contributed by atoms with van der Waals surface area (Å²) in [6.07, 6.45) is 0.590. The molecular formula is C27H36BN3O7. The zero-order chi connectivity index (χ0) is 27.5. The van der Waals surface area contributed by atoms with Crippen molar-refractivity contribution in [1.29, 1.82) is 0 Å². The van der Waals surface area contributed by atoms with Gasteiger partial charge in [-0.2, -0.15) is 0 Å². The van der Waals surface area contributed by atoms with E-state index in [4.69, 9.17) is 15.2 Å². The smallest absolute Gasteiger partial charge is 0.444 e. The van der Waals surface area contributed by atoms with E-state index >= 15 is 0 Å². The summed E-state index contributed by atoms with van der Waals surface area (Å²) in [6, 6.07) is 16.4. The molecule has 38 heavy (non-hydrogen) atoms. The van der Waals surface area contributed by atoms with E-state index in [-0.39, 0.29) is 13.0 Å². The second-order valence-corrected chi connectivity index (χ2v) is 9.35. The molecule has 0 bridgehead atoms. The number of rotatable bonds is 12. The van der Waals surface area contributed by atoms with E-state index < -0.39 is 43.1 Å². The third-order valence-corrected chi connectivity index (χ3v) is 6.60. The highest BCUT2D eigenvalue weighted by Gasteiger charge is 2.45. The Morgan fingerprint density at radius 2 is 1.71 bits per heavy atom. The lowest BCUT2D eigenvalue weighted by Crippen LogP contribution is -2.59. The highest BCUT2D eigenvalue weighted by molar-refractivity contribution is 6.44. The van der Waals surface area contributed by atoms with Crippen LogP contribution in [0.3, 0.4) is 0 Å². The van der Waals surface area contributed by atoms with E-state index in [9.17, 15) is 24.4 Å². The van der Waals surface area contributed by atoms with Gasteiger partial charge < -0.3 is 30.2 Å². The SMILES string of the molecule is COCCC[C@H](B(O)O)N(C(=O)OCc1ccccc1)C(=O)[C@@H]1CCCN1C(=O)[C@@H](N)Cc1ccccc1. The first-order valence-corrected chi connectivity index (χ1v) is 12.8. The van der Waals surface area contributed by atoms with E-state index in [0.717, 1.165) is 10.5 Å². The van der Waals surface area contributed by atoms with E-state index in [1.807, 2.05) is 36.4 Å². The van der Waals surface area contributed by atoms with Gasteiger partial charge in [0.15, 0.2) is 0 Å². The molecule has 3 rings (SSSR count). The summed E-state index contributed by atoms with van der Waals surface area (Å²) in [5.41, 5.74) is 7.83. The Morgan fingerprint density at radius 1 is 1.08 bits per heavy atom. The summed E-state index contributed by atoms with van der Waals surface area (Å²) in [7, 11) is -0.506. The highest BCUT2D eigenvalue weighted by atomic mass is 16.6. The lowest BCUT2D eigenvalue weighted by molar-refractivity contribution is -0.144. The molecule has 204 valence electrons. The van der Waals surface area contributed by atoms with E-state index in [2.05, 4.69) is 0 Å². The number of hydrogen-bond acceptors (Lipinski definition) is 8. The molecule has 1 fully saturated rings. The number of nitrogens with zero attached hydrogens (tertiary/aromatic N) is 2. The van der Waals surface area contributed by atoms with Gasteiger partial charge in [0.05, 0.1) is 12.0 Å². The Balaban J connectivity index is 1.80. The maximum atomic E-state index is 13.8. The summed E-state index contributed by atoms with van der Waals surface area (Å²) in [4.78, 5) is 42.5. The fourth-order valence-corrected chi connectivity index (χ4v) is 4.64. The number of carbonyl (C=O) groups excluding carboxylic acids is 3. The Bertz CT molecular complexity index is 1040. The monoisotopic (exact) mass is 525 g/mol. The minimum atomic E-state index is -2.01. The minimum Gasteiger partial charge on any atom is -0.444 e. The van der Waals surface area contributed by atoms with Crippen LogP contribution >= 0.6 is 0 Å². The largest absolute Gasteiger partial charge is 0.476 e. The molecule has 1 saturated heterocycles. The van der Waals surface area contributed by atoms with Crippen molar-refractivity contribution in [2.45, 2.75) is 56.7 Å². The van der Waals surface area contributed by atoms with Crippen LogP contribution in [0.1, 0.15) is 36.8 Å². The van der Waals surface area contributed by atoms with Crippen LogP contribution in [0, 0.1) is 0 Å². The predicted molar refractivity (Wildman–Crippen MR) is 141 cm³/mol. The lowest BCUT2D eigenvalue weighted by atomic mass is 9.75. The summed E-state index contributed by atoms with van der Waals surface area (Å²) in [5, 5.41) is 20.3. The van der Waals surface area contributed by atoms with Gasteiger partial charge in [-0.25, -0.2) is 9.69 Å². The molecular weight excluding hydrogens is 489 g/mol. The van der Waals surface area contributed by atoms with Crippen LogP contribution in [0.4, 0.5) is 4.79 Å². The number of likely N-dealkylation sites (tertiary alicyclic amines) is 1. The first kappa shape index (κ1) is 29.3. The molecule has 0 unspecified atom stereocenters. The normalized spacial score (nSPS) is 16.5. The van der Waals surface area contributed by atoms with Crippen molar-refractivity contribution in [3.05, 3.63) is 71.8 Å². The van der Waals surface area contributed by atoms with Crippen molar-refractivity contribution in [3.63, 3.8) is 0 Å². The molecule has 3 amide bonds. The van der Waals surface area contributed by atoms with Crippen molar-refractivity contribution in [1.82, 2.24) is 9.80 Å². The summed E-state index contributed by atoms with van der Waals surface area (Å²) < 4.78 is 10.5. The third-order valence-electron chi connectivity index (χ3n) is 6.60. The molecule has 0 aromatic heterocycles. The van der Waals surface area contributed by atoms with Crippen LogP contribution in [0.25, 0.3) is 0 Å². The van der Waals surface area contributed by atoms with Gasteiger partial charge in [0.2, 0.25) is 5.91 Å². The average Bonchev–Trinajstić information content (AvgIpc) is 3.42. The highest BCUT2D eigenvalue weighted by Crippen LogP contribution is 2.24. The quantitative estimate of drug-likeness (QED) is 0.280. The fraction of sp³-hybridized carbons (Fsp3) is 0.444. The molecule has 2 aromatic rings. The van der Waals surface area contributed by atoms with Gasteiger partial charge in [0.1, 0.15) is 12.6 Å². The van der Waals surface area contributed by atoms with Crippen molar-refractivity contribution in [2.75, 3.05) is 20.3 Å². The van der Waals surface area contributed by atoms with E-state index in [1.54, 1.807) is 24.3 Å². The van der Waals surface area contributed by atoms with E-state index in [0.29, 0.717) is 44.4 Å². The zero-order valence-corrected chi connectivity index (χ0v) is 21.6. The van der Waals surface area contributed by atoms with Crippen molar-refractivity contribution in [2.24, 2.45) is 5.73 Å². The first-order chi connectivity index (χ1) is 18.3. The number of hydrogen-bond donors (Lipinski definition) is 3. The standard InChI is InChI=1S/C27H36BN3O7/c1-37-17-9-15-24(28(35)36)31(27(34)38-19-21-12-6-3-7-13-21)26(33)23-14-8-16-30(23)25(32)22(29)18-20-10-4-2-5-11-20/h2-7,10-13,22-24,35-36H,8-9,14-19,29H2,1H3/t22-,23-,24+/m0/s1. The number of methoxy groups -OCH3 is 1. The summed E-state index contributed by atoms with van der Waals surface area (Å²) in [6.45, 7) is 0.498. The maximum Gasteiger partial charge on any atom is 0.476 e. The Kier molecular flexibility index (Phi) is 11.3. The van der Waals surface area contributed by atoms with Crippen LogP contribution in [0.5, 0.6) is 0 Å². The Morgan fingerprint density at radius 3 is 2.32 bits per heavy atom. The van der Waals surface area contributed by atoms with Crippen LogP contribution < -0.4 is 5.73 Å². The van der Waals surface area contributed by atoms with Gasteiger partial charge in [-0.15, -0.1) is 0 Å². The molecule has 11 heteroatoms. The fourth-order valence-electron chi connectivity index (χ4n) is 4.64. The second-order valence-electron chi connectivity index (χ2n) is 9.35. The molecule has 0 saturated carbocycles. The number of imide groups is 1. The molecule has 1 aliphatic rings. The third kappa shape index (κ3) is 7.88. The molecule has 0 aliphatic carbocycles. The maximum absolute atomic E-state index is 13.8. The van der Waals surface area contributed by atoms with Crippen LogP contribution in [0.15, 0.2) is 60.7 Å². The van der Waals surface area contributed by atoms with Crippen LogP contribution in [-0.2, 0) is 32.1 Å². The van der Waals surface area contributed by atoms with Gasteiger partial charge in [-0.3, -0.25) is 9.59 Å². The molecule has 1 heterocycles. The Hall–Kier alpha value is -3.25. The molecule has 3 atom stereocenters. The molecule has 1 aliphatic heterocycles. The molecule has 4 N–H and O–H groups in total. The van der Waals surface area contributed by atoms with Gasteiger partial charge >= 0.3 is 13.2 Å².